The Bertz CT molecular complexity index is 1040. The van der Waals surface area contributed by atoms with Gasteiger partial charge in [-0.15, -0.1) is 0 Å². The highest BCUT2D eigenvalue weighted by atomic mass is 35.5. The molecule has 2 rings (SSSR count). The van der Waals surface area contributed by atoms with Gasteiger partial charge in [-0.2, -0.15) is 0 Å². The Morgan fingerprint density at radius 3 is 2.31 bits per heavy atom. The molecular weight excluding hydrogens is 454 g/mol. The third kappa shape index (κ3) is 6.61. The first kappa shape index (κ1) is 25.5. The maximum absolute atomic E-state index is 13.4. The number of rotatable bonds is 10. The number of benzene rings is 2. The van der Waals surface area contributed by atoms with E-state index >= 15 is 0 Å². The van der Waals surface area contributed by atoms with E-state index in [4.69, 9.17) is 16.3 Å². The van der Waals surface area contributed by atoms with E-state index in [0.29, 0.717) is 17.2 Å². The fourth-order valence-corrected chi connectivity index (χ4v) is 4.28. The molecule has 1 N–H and O–H groups in total. The normalized spacial score (nSPS) is 12.0. The molecule has 0 aliphatic rings. The third-order valence-corrected chi connectivity index (χ3v) is 6.30. The Balaban J connectivity index is 2.41. The second-order valence-electron chi connectivity index (χ2n) is 7.16. The summed E-state index contributed by atoms with van der Waals surface area (Å²) in [5.41, 5.74) is 1.04. The number of anilines is 1. The number of methoxy groups -OCH3 is 1. The van der Waals surface area contributed by atoms with Crippen LogP contribution in [0.3, 0.4) is 0 Å². The van der Waals surface area contributed by atoms with Gasteiger partial charge in [-0.25, -0.2) is 8.42 Å². The van der Waals surface area contributed by atoms with Crippen LogP contribution < -0.4 is 14.4 Å². The summed E-state index contributed by atoms with van der Waals surface area (Å²) >= 11 is 6.02. The molecule has 10 heteroatoms. The number of likely N-dealkylation sites (N-methyl/N-ethyl adjacent to an activating group) is 1. The molecule has 2 aromatic carbocycles. The monoisotopic (exact) mass is 481 g/mol. The first-order valence-electron chi connectivity index (χ1n) is 9.98. The van der Waals surface area contributed by atoms with Crippen molar-refractivity contribution in [2.45, 2.75) is 25.9 Å². The van der Waals surface area contributed by atoms with Crippen molar-refractivity contribution in [3.8, 4) is 5.75 Å². The van der Waals surface area contributed by atoms with E-state index in [1.807, 2.05) is 0 Å². The molecule has 2 amide bonds. The smallest absolute Gasteiger partial charge is 0.244 e. The number of ether oxygens (including phenoxy) is 1. The van der Waals surface area contributed by atoms with Crippen LogP contribution >= 0.6 is 11.6 Å². The van der Waals surface area contributed by atoms with Crippen molar-refractivity contribution in [3.63, 3.8) is 0 Å². The molecule has 0 bridgehead atoms. The van der Waals surface area contributed by atoms with Crippen LogP contribution in [-0.4, -0.2) is 58.1 Å². The van der Waals surface area contributed by atoms with Gasteiger partial charge in [-0.3, -0.25) is 13.9 Å². The quantitative estimate of drug-likeness (QED) is 0.562. The molecule has 0 aliphatic carbocycles. The van der Waals surface area contributed by atoms with Crippen LogP contribution in [0.25, 0.3) is 0 Å². The van der Waals surface area contributed by atoms with Crippen LogP contribution in [0.1, 0.15) is 18.9 Å². The molecule has 0 unspecified atom stereocenters. The average molecular weight is 482 g/mol. The Kier molecular flexibility index (Phi) is 8.91. The maximum atomic E-state index is 13.4. The molecule has 0 saturated heterocycles. The van der Waals surface area contributed by atoms with Gasteiger partial charge in [0.25, 0.3) is 0 Å². The third-order valence-electron chi connectivity index (χ3n) is 4.92. The van der Waals surface area contributed by atoms with Gasteiger partial charge >= 0.3 is 0 Å². The molecule has 0 aliphatic heterocycles. The molecule has 0 fully saturated rings. The highest BCUT2D eigenvalue weighted by Crippen LogP contribution is 2.23. The lowest BCUT2D eigenvalue weighted by molar-refractivity contribution is -0.140. The Morgan fingerprint density at radius 1 is 1.16 bits per heavy atom. The molecule has 0 saturated carbocycles. The predicted molar refractivity (Wildman–Crippen MR) is 125 cm³/mol. The molecule has 0 radical (unpaired) electrons. The van der Waals surface area contributed by atoms with Gasteiger partial charge in [0.15, 0.2) is 0 Å². The van der Waals surface area contributed by atoms with Gasteiger partial charge in [-0.05, 0) is 42.3 Å². The van der Waals surface area contributed by atoms with Crippen LogP contribution in [0.5, 0.6) is 5.75 Å². The summed E-state index contributed by atoms with van der Waals surface area (Å²) in [7, 11) is -0.743. The minimum Gasteiger partial charge on any atom is -0.497 e. The molecule has 0 heterocycles. The van der Waals surface area contributed by atoms with E-state index in [1.54, 1.807) is 56.5 Å². The lowest BCUT2D eigenvalue weighted by Crippen LogP contribution is -2.51. The fourth-order valence-electron chi connectivity index (χ4n) is 3.26. The van der Waals surface area contributed by atoms with Crippen LogP contribution in [0.15, 0.2) is 48.5 Å². The number of hydrogen-bond donors (Lipinski definition) is 1. The van der Waals surface area contributed by atoms with E-state index in [9.17, 15) is 18.0 Å². The first-order chi connectivity index (χ1) is 15.1. The first-order valence-corrected chi connectivity index (χ1v) is 12.2. The Morgan fingerprint density at radius 2 is 1.81 bits per heavy atom. The van der Waals surface area contributed by atoms with Crippen molar-refractivity contribution in [3.05, 3.63) is 59.1 Å². The molecule has 0 aromatic heterocycles. The minimum absolute atomic E-state index is 0.127. The number of carbonyl (C=O) groups is 2. The Labute approximate surface area is 194 Å². The van der Waals surface area contributed by atoms with E-state index in [0.717, 1.165) is 16.1 Å². The summed E-state index contributed by atoms with van der Waals surface area (Å²) in [5, 5.41) is 2.92. The molecule has 0 spiro atoms. The van der Waals surface area contributed by atoms with E-state index in [-0.39, 0.29) is 18.1 Å². The predicted octanol–water partition coefficient (Wildman–Crippen LogP) is 2.67. The number of amides is 2. The molecule has 174 valence electrons. The topological polar surface area (TPSA) is 96.0 Å². The lowest BCUT2D eigenvalue weighted by atomic mass is 10.1. The summed E-state index contributed by atoms with van der Waals surface area (Å²) < 4.78 is 31.1. The van der Waals surface area contributed by atoms with E-state index in [2.05, 4.69) is 5.32 Å². The Hall–Kier alpha value is -2.78. The zero-order valence-corrected chi connectivity index (χ0v) is 20.1. The summed E-state index contributed by atoms with van der Waals surface area (Å²) in [6.45, 7) is 1.45. The molecule has 32 heavy (non-hydrogen) atoms. The number of hydrogen-bond acceptors (Lipinski definition) is 5. The maximum Gasteiger partial charge on any atom is 0.244 e. The van der Waals surface area contributed by atoms with Gasteiger partial charge in [-0.1, -0.05) is 36.7 Å². The second-order valence-corrected chi connectivity index (χ2v) is 9.50. The highest BCUT2D eigenvalue weighted by Gasteiger charge is 2.31. The zero-order valence-electron chi connectivity index (χ0n) is 18.5. The number of nitrogens with one attached hydrogen (secondary N) is 1. The number of halogens is 1. The number of nitrogens with zero attached hydrogens (tertiary/aromatic N) is 2. The average Bonchev–Trinajstić information content (AvgIpc) is 2.76. The van der Waals surface area contributed by atoms with Gasteiger partial charge in [0.1, 0.15) is 18.3 Å². The summed E-state index contributed by atoms with van der Waals surface area (Å²) in [6.07, 6.45) is 1.38. The van der Waals surface area contributed by atoms with Gasteiger partial charge in [0.2, 0.25) is 21.8 Å². The number of carbonyl (C=O) groups excluding carboxylic acids is 2. The van der Waals surface area contributed by atoms with Crippen LogP contribution in [0, 0.1) is 0 Å². The van der Waals surface area contributed by atoms with Crippen molar-refractivity contribution in [2.24, 2.45) is 0 Å². The largest absolute Gasteiger partial charge is 0.497 e. The van der Waals surface area contributed by atoms with Gasteiger partial charge in [0.05, 0.1) is 19.1 Å². The van der Waals surface area contributed by atoms with Crippen LogP contribution in [0.4, 0.5) is 5.69 Å². The summed E-state index contributed by atoms with van der Waals surface area (Å²) in [6, 6.07) is 12.6. The van der Waals surface area contributed by atoms with Crippen molar-refractivity contribution in [1.82, 2.24) is 10.2 Å². The highest BCUT2D eigenvalue weighted by molar-refractivity contribution is 7.92. The molecular formula is C22H28ClN3O5S. The van der Waals surface area contributed by atoms with Crippen molar-refractivity contribution in [1.29, 1.82) is 0 Å². The van der Waals surface area contributed by atoms with Crippen molar-refractivity contribution < 1.29 is 22.7 Å². The van der Waals surface area contributed by atoms with Crippen molar-refractivity contribution in [2.75, 3.05) is 31.3 Å². The van der Waals surface area contributed by atoms with Crippen LogP contribution in [0.2, 0.25) is 5.02 Å². The molecule has 2 aromatic rings. The van der Waals surface area contributed by atoms with E-state index < -0.39 is 28.5 Å². The van der Waals surface area contributed by atoms with Gasteiger partial charge < -0.3 is 15.0 Å². The summed E-state index contributed by atoms with van der Waals surface area (Å²) in [4.78, 5) is 27.3. The molecule has 1 atom stereocenters. The number of sulfonamides is 1. The van der Waals surface area contributed by atoms with E-state index in [1.165, 1.54) is 18.0 Å². The fraction of sp³-hybridized carbons (Fsp3) is 0.364. The lowest BCUT2D eigenvalue weighted by Gasteiger charge is -2.32. The summed E-state index contributed by atoms with van der Waals surface area (Å²) in [5.74, 6) is -0.182. The minimum atomic E-state index is -3.79. The second kappa shape index (κ2) is 11.2. The zero-order chi connectivity index (χ0) is 23.9. The van der Waals surface area contributed by atoms with Gasteiger partial charge in [0, 0.05) is 18.6 Å². The SMILES string of the molecule is CC[C@H](C(=O)NC)N(Cc1ccc(OC)cc1)C(=O)CN(c1cccc(Cl)c1)S(C)(=O)=O. The standard InChI is InChI=1S/C22H28ClN3O5S/c1-5-20(22(28)24-2)25(14-16-9-11-19(31-3)12-10-16)21(27)15-26(32(4,29)30)18-8-6-7-17(23)13-18/h6-13,20H,5,14-15H2,1-4H3,(H,24,28)/t20-/m1/s1. The van der Waals surface area contributed by atoms with Crippen molar-refractivity contribution >= 4 is 39.1 Å². The van der Waals surface area contributed by atoms with Crippen LogP contribution in [-0.2, 0) is 26.2 Å². The molecule has 8 nitrogen and oxygen atoms in total.